The molecule has 20 heavy (non-hydrogen) atoms. The molecule has 110 valence electrons. The zero-order valence-electron chi connectivity index (χ0n) is 12.3. The molecule has 0 spiro atoms. The molecule has 0 amide bonds. The Hall–Kier alpha value is -1.40. The van der Waals surface area contributed by atoms with Crippen LogP contribution in [0.4, 0.5) is 0 Å². The highest BCUT2D eigenvalue weighted by Crippen LogP contribution is 2.19. The lowest BCUT2D eigenvalue weighted by Crippen LogP contribution is -2.31. The van der Waals surface area contributed by atoms with Gasteiger partial charge in [0.05, 0.1) is 23.0 Å². The van der Waals surface area contributed by atoms with Gasteiger partial charge in [0.15, 0.2) is 0 Å². The first-order valence-corrected chi connectivity index (χ1v) is 8.30. The second-order valence-corrected chi connectivity index (χ2v) is 7.36. The van der Waals surface area contributed by atoms with Crippen molar-refractivity contribution in [1.82, 2.24) is 14.5 Å². The van der Waals surface area contributed by atoms with Crippen LogP contribution in [0.3, 0.4) is 0 Å². The van der Waals surface area contributed by atoms with E-state index in [2.05, 4.69) is 9.82 Å². The number of aryl methyl sites for hydroxylation is 2. The largest absolute Gasteiger partial charge is 0.268 e. The Morgan fingerprint density at radius 2 is 2.10 bits per heavy atom. The molecule has 6 heteroatoms. The summed E-state index contributed by atoms with van der Waals surface area (Å²) in [6.07, 6.45) is 0.595. The van der Waals surface area contributed by atoms with Crippen LogP contribution >= 0.6 is 0 Å². The number of nitrogens with zero attached hydrogens (tertiary/aromatic N) is 2. The quantitative estimate of drug-likeness (QED) is 0.918. The van der Waals surface area contributed by atoms with E-state index in [1.807, 2.05) is 39.1 Å². The zero-order chi connectivity index (χ0) is 14.9. The molecule has 0 aliphatic carbocycles. The van der Waals surface area contributed by atoms with Gasteiger partial charge in [-0.25, -0.2) is 13.1 Å². The molecule has 0 fully saturated rings. The summed E-state index contributed by atoms with van der Waals surface area (Å²) < 4.78 is 28.4. The predicted octanol–water partition coefficient (Wildman–Crippen LogP) is 2.10. The molecule has 1 heterocycles. The lowest BCUT2D eigenvalue weighted by atomic mass is 10.1. The highest BCUT2D eigenvalue weighted by Gasteiger charge is 2.19. The summed E-state index contributed by atoms with van der Waals surface area (Å²) in [6, 6.07) is 6.07. The van der Waals surface area contributed by atoms with Crippen LogP contribution in [-0.2, 0) is 23.6 Å². The Labute approximate surface area is 120 Å². The normalized spacial score (nSPS) is 13.8. The molecular weight excluding hydrogens is 274 g/mol. The van der Waals surface area contributed by atoms with Gasteiger partial charge in [-0.1, -0.05) is 18.6 Å². The summed E-state index contributed by atoms with van der Waals surface area (Å²) in [7, 11) is -1.41. The van der Waals surface area contributed by atoms with E-state index in [9.17, 15) is 8.42 Å². The molecule has 2 aromatic rings. The van der Waals surface area contributed by atoms with Crippen molar-refractivity contribution in [2.45, 2.75) is 39.0 Å². The van der Waals surface area contributed by atoms with Crippen LogP contribution in [0.1, 0.15) is 31.5 Å². The molecular formula is C14H21N3O2S. The van der Waals surface area contributed by atoms with E-state index < -0.39 is 10.0 Å². The van der Waals surface area contributed by atoms with E-state index in [-0.39, 0.29) is 11.8 Å². The third kappa shape index (κ3) is 2.86. The first-order chi connectivity index (χ1) is 9.35. The van der Waals surface area contributed by atoms with Crippen molar-refractivity contribution in [3.63, 3.8) is 0 Å². The molecule has 0 aliphatic heterocycles. The lowest BCUT2D eigenvalue weighted by molar-refractivity contribution is 0.564. The number of rotatable bonds is 5. The fourth-order valence-corrected chi connectivity index (χ4v) is 3.17. The third-order valence-corrected chi connectivity index (χ3v) is 5.57. The number of fused-ring (bicyclic) bond motifs is 1. The van der Waals surface area contributed by atoms with Gasteiger partial charge in [0.1, 0.15) is 0 Å². The minimum atomic E-state index is -3.28. The number of hydrogen-bond donors (Lipinski definition) is 1. The van der Waals surface area contributed by atoms with Gasteiger partial charge in [0.2, 0.25) is 10.0 Å². The molecule has 0 radical (unpaired) electrons. The standard InChI is InChI=1S/C14H21N3O2S/c1-5-11(3)20(18,19)15-9-13-12-8-10(2)6-7-14(12)17(4)16-13/h6-8,11,15H,5,9H2,1-4H3/t11-/m0/s1. The Morgan fingerprint density at radius 1 is 1.40 bits per heavy atom. The molecule has 5 nitrogen and oxygen atoms in total. The minimum Gasteiger partial charge on any atom is -0.268 e. The van der Waals surface area contributed by atoms with Crippen molar-refractivity contribution in [2.75, 3.05) is 0 Å². The highest BCUT2D eigenvalue weighted by atomic mass is 32.2. The second kappa shape index (κ2) is 5.54. The highest BCUT2D eigenvalue weighted by molar-refractivity contribution is 7.90. The Morgan fingerprint density at radius 3 is 2.75 bits per heavy atom. The van der Waals surface area contributed by atoms with E-state index in [1.165, 1.54) is 0 Å². The number of benzene rings is 1. The zero-order valence-corrected chi connectivity index (χ0v) is 13.2. The number of aromatic nitrogens is 2. The molecule has 2 rings (SSSR count). The van der Waals surface area contributed by atoms with Crippen molar-refractivity contribution >= 4 is 20.9 Å². The molecule has 0 bridgehead atoms. The van der Waals surface area contributed by atoms with Gasteiger partial charge in [-0.05, 0) is 32.4 Å². The summed E-state index contributed by atoms with van der Waals surface area (Å²) in [5, 5.41) is 5.02. The van der Waals surface area contributed by atoms with Crippen LogP contribution in [0.2, 0.25) is 0 Å². The molecule has 0 aliphatic rings. The van der Waals surface area contributed by atoms with Crippen molar-refractivity contribution in [3.05, 3.63) is 29.5 Å². The second-order valence-electron chi connectivity index (χ2n) is 5.18. The number of nitrogens with one attached hydrogen (secondary N) is 1. The van der Waals surface area contributed by atoms with Gasteiger partial charge in [-0.2, -0.15) is 5.10 Å². The van der Waals surface area contributed by atoms with Gasteiger partial charge in [-0.15, -0.1) is 0 Å². The van der Waals surface area contributed by atoms with Crippen molar-refractivity contribution in [1.29, 1.82) is 0 Å². The first kappa shape index (κ1) is 15.0. The minimum absolute atomic E-state index is 0.230. The smallest absolute Gasteiger partial charge is 0.214 e. The van der Waals surface area contributed by atoms with Crippen LogP contribution < -0.4 is 4.72 Å². The fraction of sp³-hybridized carbons (Fsp3) is 0.500. The molecule has 0 saturated heterocycles. The average Bonchev–Trinajstić information content (AvgIpc) is 2.71. The fourth-order valence-electron chi connectivity index (χ4n) is 2.11. The summed E-state index contributed by atoms with van der Waals surface area (Å²) >= 11 is 0. The maximum absolute atomic E-state index is 12.0. The van der Waals surface area contributed by atoms with E-state index in [4.69, 9.17) is 0 Å². The summed E-state index contributed by atoms with van der Waals surface area (Å²) in [5.41, 5.74) is 2.91. The van der Waals surface area contributed by atoms with Gasteiger partial charge in [-0.3, -0.25) is 4.68 Å². The molecule has 1 aromatic carbocycles. The van der Waals surface area contributed by atoms with E-state index >= 15 is 0 Å². The maximum atomic E-state index is 12.0. The summed E-state index contributed by atoms with van der Waals surface area (Å²) in [4.78, 5) is 0. The first-order valence-electron chi connectivity index (χ1n) is 6.76. The lowest BCUT2D eigenvalue weighted by Gasteiger charge is -2.10. The van der Waals surface area contributed by atoms with E-state index in [0.717, 1.165) is 22.2 Å². The summed E-state index contributed by atoms with van der Waals surface area (Å²) in [6.45, 7) is 5.82. The van der Waals surface area contributed by atoms with Gasteiger partial charge < -0.3 is 0 Å². The topological polar surface area (TPSA) is 64.0 Å². The third-order valence-electron chi connectivity index (χ3n) is 3.63. The molecule has 1 N–H and O–H groups in total. The SMILES string of the molecule is CC[C@H](C)S(=O)(=O)NCc1nn(C)c2ccc(C)cc12. The van der Waals surface area contributed by atoms with Crippen molar-refractivity contribution in [3.8, 4) is 0 Å². The van der Waals surface area contributed by atoms with Crippen molar-refractivity contribution in [2.24, 2.45) is 7.05 Å². The van der Waals surface area contributed by atoms with Crippen molar-refractivity contribution < 1.29 is 8.42 Å². The number of hydrogen-bond acceptors (Lipinski definition) is 3. The Balaban J connectivity index is 2.29. The van der Waals surface area contributed by atoms with Crippen LogP contribution in [0.25, 0.3) is 10.9 Å². The van der Waals surface area contributed by atoms with Crippen LogP contribution in [-0.4, -0.2) is 23.4 Å². The van der Waals surface area contributed by atoms with Gasteiger partial charge >= 0.3 is 0 Å². The average molecular weight is 295 g/mol. The van der Waals surface area contributed by atoms with Gasteiger partial charge in [0.25, 0.3) is 0 Å². The predicted molar refractivity (Wildman–Crippen MR) is 81.0 cm³/mol. The summed E-state index contributed by atoms with van der Waals surface area (Å²) in [5.74, 6) is 0. The van der Waals surface area contributed by atoms with Crippen LogP contribution in [0, 0.1) is 6.92 Å². The van der Waals surface area contributed by atoms with E-state index in [1.54, 1.807) is 11.6 Å². The van der Waals surface area contributed by atoms with Crippen LogP contribution in [0.15, 0.2) is 18.2 Å². The molecule has 1 aromatic heterocycles. The Bertz CT molecular complexity index is 719. The van der Waals surface area contributed by atoms with Crippen LogP contribution in [0.5, 0.6) is 0 Å². The maximum Gasteiger partial charge on any atom is 0.214 e. The molecule has 0 saturated carbocycles. The molecule has 1 atom stereocenters. The van der Waals surface area contributed by atoms with Gasteiger partial charge in [0, 0.05) is 12.4 Å². The number of sulfonamides is 1. The molecule has 0 unspecified atom stereocenters. The Kier molecular flexibility index (Phi) is 4.15. The monoisotopic (exact) mass is 295 g/mol. The van der Waals surface area contributed by atoms with E-state index in [0.29, 0.717) is 6.42 Å².